The Morgan fingerprint density at radius 3 is 2.39 bits per heavy atom. The fourth-order valence-corrected chi connectivity index (χ4v) is 1.32. The molecule has 0 aromatic heterocycles. The number of hydrogen-bond acceptors (Lipinski definition) is 3. The molecule has 0 bridgehead atoms. The third-order valence-electron chi connectivity index (χ3n) is 2.08. The molecular weight excluding hydrogens is 232 g/mol. The number of hydrogen-bond donors (Lipinski definition) is 1. The number of carboxylic acid groups (broad SMARTS) is 1. The highest BCUT2D eigenvalue weighted by atomic mass is 16.5. The molecule has 0 aliphatic heterocycles. The Morgan fingerprint density at radius 1 is 1.22 bits per heavy atom. The summed E-state index contributed by atoms with van der Waals surface area (Å²) in [4.78, 5) is 21.0. The molecule has 0 atom stereocenters. The Bertz CT molecular complexity index is 486. The van der Waals surface area contributed by atoms with E-state index < -0.39 is 5.97 Å². The average Bonchev–Trinajstić information content (AvgIpc) is 2.33. The Labute approximate surface area is 105 Å². The minimum absolute atomic E-state index is 0.201. The fourth-order valence-electron chi connectivity index (χ4n) is 1.32. The second-order valence-corrected chi connectivity index (χ2v) is 3.51. The van der Waals surface area contributed by atoms with Crippen molar-refractivity contribution in [2.75, 3.05) is 6.61 Å². The van der Waals surface area contributed by atoms with Gasteiger partial charge in [0, 0.05) is 13.0 Å². The molecule has 1 aromatic carbocycles. The van der Waals surface area contributed by atoms with Gasteiger partial charge in [-0.05, 0) is 23.3 Å². The first-order chi connectivity index (χ1) is 8.59. The number of carbonyl (C=O) groups is 2. The number of carbonyl (C=O) groups excluding carboxylic acids is 1. The van der Waals surface area contributed by atoms with E-state index in [0.29, 0.717) is 0 Å². The number of esters is 1. The molecular formula is C14H14O4. The van der Waals surface area contributed by atoms with E-state index in [9.17, 15) is 9.59 Å². The molecule has 0 amide bonds. The van der Waals surface area contributed by atoms with Gasteiger partial charge < -0.3 is 9.84 Å². The van der Waals surface area contributed by atoms with Gasteiger partial charge in [0.1, 0.15) is 6.61 Å². The van der Waals surface area contributed by atoms with Gasteiger partial charge in [-0.15, -0.1) is 0 Å². The molecule has 1 N–H and O–H groups in total. The maximum atomic E-state index is 10.6. The van der Waals surface area contributed by atoms with Crippen LogP contribution < -0.4 is 0 Å². The van der Waals surface area contributed by atoms with Crippen molar-refractivity contribution in [2.24, 2.45) is 0 Å². The van der Waals surface area contributed by atoms with Crippen molar-refractivity contribution < 1.29 is 19.4 Å². The lowest BCUT2D eigenvalue weighted by Crippen LogP contribution is -1.97. The van der Waals surface area contributed by atoms with Crippen LogP contribution in [0, 0.1) is 0 Å². The largest absolute Gasteiger partial charge is 0.478 e. The zero-order valence-corrected chi connectivity index (χ0v) is 10.00. The summed E-state index contributed by atoms with van der Waals surface area (Å²) in [6.45, 7) is 1.55. The molecule has 0 aliphatic rings. The van der Waals surface area contributed by atoms with Crippen LogP contribution in [0.15, 0.2) is 36.4 Å². The first-order valence-corrected chi connectivity index (χ1v) is 5.39. The van der Waals surface area contributed by atoms with Crippen LogP contribution in [0.1, 0.15) is 18.1 Å². The van der Waals surface area contributed by atoms with E-state index in [-0.39, 0.29) is 12.6 Å². The van der Waals surface area contributed by atoms with Crippen LogP contribution in [0.4, 0.5) is 0 Å². The molecule has 0 aliphatic carbocycles. The first kappa shape index (κ1) is 13.7. The molecule has 4 nitrogen and oxygen atoms in total. The predicted molar refractivity (Wildman–Crippen MR) is 68.8 cm³/mol. The maximum absolute atomic E-state index is 10.6. The summed E-state index contributed by atoms with van der Waals surface area (Å²) in [5.41, 5.74) is 1.65. The van der Waals surface area contributed by atoms with Gasteiger partial charge in [0.05, 0.1) is 0 Å². The van der Waals surface area contributed by atoms with Gasteiger partial charge in [0.15, 0.2) is 0 Å². The van der Waals surface area contributed by atoms with Crippen LogP contribution in [0.2, 0.25) is 0 Å². The summed E-state index contributed by atoms with van der Waals surface area (Å²) in [6, 6.07) is 7.34. The number of carboxylic acids is 1. The molecule has 4 heteroatoms. The SMILES string of the molecule is CC(=O)OC/C=C/c1ccccc1/C=C/C(=O)O. The molecule has 0 heterocycles. The Balaban J connectivity index is 2.76. The van der Waals surface area contributed by atoms with Crippen LogP contribution >= 0.6 is 0 Å². The van der Waals surface area contributed by atoms with E-state index in [1.165, 1.54) is 13.0 Å². The summed E-state index contributed by atoms with van der Waals surface area (Å²) in [7, 11) is 0. The third-order valence-corrected chi connectivity index (χ3v) is 2.08. The van der Waals surface area contributed by atoms with Crippen molar-refractivity contribution in [1.82, 2.24) is 0 Å². The van der Waals surface area contributed by atoms with E-state index in [2.05, 4.69) is 0 Å². The standard InChI is InChI=1S/C14H14O4/c1-11(15)18-10-4-7-12-5-2-3-6-13(12)8-9-14(16)17/h2-9H,10H2,1H3,(H,16,17)/b7-4+,9-8+. The summed E-state index contributed by atoms with van der Waals surface area (Å²) in [5.74, 6) is -1.33. The average molecular weight is 246 g/mol. The monoisotopic (exact) mass is 246 g/mol. The molecule has 1 rings (SSSR count). The maximum Gasteiger partial charge on any atom is 0.328 e. The van der Waals surface area contributed by atoms with Crippen molar-refractivity contribution in [3.63, 3.8) is 0 Å². The van der Waals surface area contributed by atoms with Gasteiger partial charge >= 0.3 is 11.9 Å². The van der Waals surface area contributed by atoms with Gasteiger partial charge in [-0.2, -0.15) is 0 Å². The highest BCUT2D eigenvalue weighted by molar-refractivity contribution is 5.86. The third kappa shape index (κ3) is 5.12. The zero-order chi connectivity index (χ0) is 13.4. The quantitative estimate of drug-likeness (QED) is 0.640. The number of aliphatic carboxylic acids is 1. The van der Waals surface area contributed by atoms with Crippen LogP contribution in [-0.4, -0.2) is 23.7 Å². The van der Waals surface area contributed by atoms with Crippen LogP contribution in [-0.2, 0) is 14.3 Å². The molecule has 0 spiro atoms. The summed E-state index contributed by atoms with van der Waals surface area (Å²) in [5, 5.41) is 8.58. The lowest BCUT2D eigenvalue weighted by molar-refractivity contribution is -0.139. The van der Waals surface area contributed by atoms with E-state index in [0.717, 1.165) is 17.2 Å². The predicted octanol–water partition coefficient (Wildman–Crippen LogP) is 2.36. The van der Waals surface area contributed by atoms with Crippen molar-refractivity contribution >= 4 is 24.1 Å². The topological polar surface area (TPSA) is 63.6 Å². The lowest BCUT2D eigenvalue weighted by Gasteiger charge is -2.00. The van der Waals surface area contributed by atoms with Crippen LogP contribution in [0.3, 0.4) is 0 Å². The Hall–Kier alpha value is -2.36. The smallest absolute Gasteiger partial charge is 0.328 e. The zero-order valence-electron chi connectivity index (χ0n) is 10.00. The second-order valence-electron chi connectivity index (χ2n) is 3.51. The molecule has 94 valence electrons. The summed E-state index contributed by atoms with van der Waals surface area (Å²) >= 11 is 0. The van der Waals surface area contributed by atoms with E-state index >= 15 is 0 Å². The van der Waals surface area contributed by atoms with Gasteiger partial charge in [-0.3, -0.25) is 4.79 Å². The van der Waals surface area contributed by atoms with Crippen molar-refractivity contribution in [2.45, 2.75) is 6.92 Å². The Morgan fingerprint density at radius 2 is 1.83 bits per heavy atom. The van der Waals surface area contributed by atoms with Crippen LogP contribution in [0.5, 0.6) is 0 Å². The highest BCUT2D eigenvalue weighted by Gasteiger charge is 1.95. The van der Waals surface area contributed by atoms with Crippen molar-refractivity contribution in [3.8, 4) is 0 Å². The number of benzene rings is 1. The molecule has 18 heavy (non-hydrogen) atoms. The minimum atomic E-state index is -0.992. The van der Waals surface area contributed by atoms with E-state index in [1.807, 2.05) is 24.3 Å². The normalized spacial score (nSPS) is 10.9. The van der Waals surface area contributed by atoms with E-state index in [1.54, 1.807) is 12.2 Å². The molecule has 0 saturated carbocycles. The molecule has 0 radical (unpaired) electrons. The second kappa shape index (κ2) is 7.06. The lowest BCUT2D eigenvalue weighted by atomic mass is 10.1. The highest BCUT2D eigenvalue weighted by Crippen LogP contribution is 2.12. The fraction of sp³-hybridized carbons (Fsp3) is 0.143. The van der Waals surface area contributed by atoms with Gasteiger partial charge in [-0.25, -0.2) is 4.79 Å². The molecule has 0 unspecified atom stereocenters. The van der Waals surface area contributed by atoms with Gasteiger partial charge in [0.25, 0.3) is 0 Å². The summed E-state index contributed by atoms with van der Waals surface area (Å²) in [6.07, 6.45) is 6.09. The van der Waals surface area contributed by atoms with Crippen molar-refractivity contribution in [1.29, 1.82) is 0 Å². The molecule has 0 fully saturated rings. The molecule has 1 aromatic rings. The van der Waals surface area contributed by atoms with Gasteiger partial charge in [-0.1, -0.05) is 30.3 Å². The summed E-state index contributed by atoms with van der Waals surface area (Å²) < 4.78 is 4.76. The van der Waals surface area contributed by atoms with E-state index in [4.69, 9.17) is 9.84 Å². The minimum Gasteiger partial charge on any atom is -0.478 e. The number of rotatable bonds is 5. The molecule has 0 saturated heterocycles. The first-order valence-electron chi connectivity index (χ1n) is 5.39. The van der Waals surface area contributed by atoms with Gasteiger partial charge in [0.2, 0.25) is 0 Å². The Kier molecular flexibility index (Phi) is 5.38. The van der Waals surface area contributed by atoms with Crippen LogP contribution in [0.25, 0.3) is 12.2 Å². The number of ether oxygens (including phenoxy) is 1. The van der Waals surface area contributed by atoms with Crippen molar-refractivity contribution in [3.05, 3.63) is 47.5 Å².